The molecule has 2 aromatic rings. The van der Waals surface area contributed by atoms with Crippen molar-refractivity contribution in [3.05, 3.63) is 35.2 Å². The molecule has 0 atom stereocenters. The molecule has 1 amide bonds. The number of nitrogens with zero attached hydrogens (tertiary/aromatic N) is 2. The Morgan fingerprint density at radius 3 is 2.86 bits per heavy atom. The molecule has 1 aromatic heterocycles. The third kappa shape index (κ3) is 4.30. The van der Waals surface area contributed by atoms with Gasteiger partial charge in [0.05, 0.1) is 18.8 Å². The number of hydrogen-bond acceptors (Lipinski definition) is 5. The van der Waals surface area contributed by atoms with Crippen LogP contribution in [-0.4, -0.2) is 47.6 Å². The number of benzene rings is 1. The standard InChI is InChI=1S/C14H15F2N3O2S/c1-19(4-5-20)7-13(21)18-14-17-12(8-22-14)9-2-3-10(15)11(16)6-9/h2-3,6,8,20H,4-5,7H2,1H3,(H,17,18,21). The van der Waals surface area contributed by atoms with Crippen molar-refractivity contribution in [3.8, 4) is 11.3 Å². The van der Waals surface area contributed by atoms with E-state index in [4.69, 9.17) is 5.11 Å². The lowest BCUT2D eigenvalue weighted by molar-refractivity contribution is -0.117. The van der Waals surface area contributed by atoms with Crippen LogP contribution in [0.5, 0.6) is 0 Å². The van der Waals surface area contributed by atoms with Gasteiger partial charge in [-0.3, -0.25) is 9.69 Å². The van der Waals surface area contributed by atoms with Gasteiger partial charge in [-0.05, 0) is 25.2 Å². The summed E-state index contributed by atoms with van der Waals surface area (Å²) in [7, 11) is 1.71. The normalized spacial score (nSPS) is 11.0. The van der Waals surface area contributed by atoms with Gasteiger partial charge in [-0.2, -0.15) is 0 Å². The summed E-state index contributed by atoms with van der Waals surface area (Å²) in [6, 6.07) is 3.52. The fourth-order valence-corrected chi connectivity index (χ4v) is 2.51. The molecule has 118 valence electrons. The molecule has 2 N–H and O–H groups in total. The topological polar surface area (TPSA) is 65.5 Å². The smallest absolute Gasteiger partial charge is 0.240 e. The third-order valence-corrected chi connectivity index (χ3v) is 3.62. The second-order valence-electron chi connectivity index (χ2n) is 4.68. The van der Waals surface area contributed by atoms with E-state index < -0.39 is 11.6 Å². The van der Waals surface area contributed by atoms with Crippen LogP contribution in [0.4, 0.5) is 13.9 Å². The molecule has 1 heterocycles. The number of anilines is 1. The van der Waals surface area contributed by atoms with E-state index in [1.54, 1.807) is 17.3 Å². The SMILES string of the molecule is CN(CCO)CC(=O)Nc1nc(-c2ccc(F)c(F)c2)cs1. The van der Waals surface area contributed by atoms with Gasteiger partial charge in [-0.1, -0.05) is 0 Å². The second-order valence-corrected chi connectivity index (χ2v) is 5.53. The zero-order valence-corrected chi connectivity index (χ0v) is 12.7. The van der Waals surface area contributed by atoms with E-state index in [0.29, 0.717) is 22.9 Å². The number of aromatic nitrogens is 1. The molecule has 0 saturated heterocycles. The van der Waals surface area contributed by atoms with Gasteiger partial charge in [-0.25, -0.2) is 13.8 Å². The van der Waals surface area contributed by atoms with Gasteiger partial charge in [0.25, 0.3) is 0 Å². The lowest BCUT2D eigenvalue weighted by Gasteiger charge is -2.13. The van der Waals surface area contributed by atoms with Gasteiger partial charge >= 0.3 is 0 Å². The zero-order chi connectivity index (χ0) is 16.1. The van der Waals surface area contributed by atoms with Crippen molar-refractivity contribution in [2.75, 3.05) is 32.1 Å². The first-order valence-electron chi connectivity index (χ1n) is 6.50. The number of carbonyl (C=O) groups excluding carboxylic acids is 1. The van der Waals surface area contributed by atoms with Crippen LogP contribution in [0, 0.1) is 11.6 Å². The zero-order valence-electron chi connectivity index (χ0n) is 11.8. The van der Waals surface area contributed by atoms with Gasteiger partial charge < -0.3 is 10.4 Å². The van der Waals surface area contributed by atoms with Gasteiger partial charge in [0.15, 0.2) is 16.8 Å². The van der Waals surface area contributed by atoms with Crippen molar-refractivity contribution in [3.63, 3.8) is 0 Å². The molecular weight excluding hydrogens is 312 g/mol. The molecule has 0 spiro atoms. The highest BCUT2D eigenvalue weighted by molar-refractivity contribution is 7.14. The first-order valence-corrected chi connectivity index (χ1v) is 7.37. The predicted molar refractivity (Wildman–Crippen MR) is 80.7 cm³/mol. The predicted octanol–water partition coefficient (Wildman–Crippen LogP) is 1.95. The van der Waals surface area contributed by atoms with Crippen LogP contribution in [0.2, 0.25) is 0 Å². The molecule has 0 aliphatic heterocycles. The molecular formula is C14H15F2N3O2S. The molecule has 0 saturated carbocycles. The van der Waals surface area contributed by atoms with Crippen LogP contribution < -0.4 is 5.32 Å². The number of hydrogen-bond donors (Lipinski definition) is 2. The first kappa shape index (κ1) is 16.5. The number of rotatable bonds is 6. The number of aliphatic hydroxyl groups excluding tert-OH is 1. The number of likely N-dealkylation sites (N-methyl/N-ethyl adjacent to an activating group) is 1. The molecule has 0 bridgehead atoms. The summed E-state index contributed by atoms with van der Waals surface area (Å²) in [6.07, 6.45) is 0. The maximum Gasteiger partial charge on any atom is 0.240 e. The average molecular weight is 327 g/mol. The minimum atomic E-state index is -0.943. The highest BCUT2D eigenvalue weighted by Gasteiger charge is 2.11. The van der Waals surface area contributed by atoms with Crippen LogP contribution >= 0.6 is 11.3 Å². The number of amides is 1. The molecule has 0 aliphatic carbocycles. The molecule has 8 heteroatoms. The van der Waals surface area contributed by atoms with E-state index in [-0.39, 0.29) is 19.1 Å². The Morgan fingerprint density at radius 1 is 1.41 bits per heavy atom. The quantitative estimate of drug-likeness (QED) is 0.851. The lowest BCUT2D eigenvalue weighted by Crippen LogP contribution is -2.32. The largest absolute Gasteiger partial charge is 0.395 e. The van der Waals surface area contributed by atoms with Crippen molar-refractivity contribution in [2.45, 2.75) is 0 Å². The van der Waals surface area contributed by atoms with Crippen LogP contribution in [-0.2, 0) is 4.79 Å². The molecule has 5 nitrogen and oxygen atoms in total. The van der Waals surface area contributed by atoms with Crippen molar-refractivity contribution < 1.29 is 18.7 Å². The number of carbonyl (C=O) groups is 1. The molecule has 22 heavy (non-hydrogen) atoms. The Morgan fingerprint density at radius 2 is 2.18 bits per heavy atom. The minimum absolute atomic E-state index is 0.0265. The van der Waals surface area contributed by atoms with E-state index >= 15 is 0 Å². The van der Waals surface area contributed by atoms with E-state index in [1.807, 2.05) is 0 Å². The Labute approximate surface area is 130 Å². The summed E-state index contributed by atoms with van der Waals surface area (Å²) in [6.45, 7) is 0.493. The van der Waals surface area contributed by atoms with E-state index in [9.17, 15) is 13.6 Å². The van der Waals surface area contributed by atoms with Crippen molar-refractivity contribution >= 4 is 22.4 Å². The number of nitrogens with one attached hydrogen (secondary N) is 1. The third-order valence-electron chi connectivity index (χ3n) is 2.86. The highest BCUT2D eigenvalue weighted by atomic mass is 32.1. The average Bonchev–Trinajstić information content (AvgIpc) is 2.90. The summed E-state index contributed by atoms with van der Waals surface area (Å²) < 4.78 is 26.1. The summed E-state index contributed by atoms with van der Waals surface area (Å²) in [5.41, 5.74) is 0.899. The van der Waals surface area contributed by atoms with Crippen molar-refractivity contribution in [1.82, 2.24) is 9.88 Å². The summed E-state index contributed by atoms with van der Waals surface area (Å²) in [4.78, 5) is 17.6. The maximum absolute atomic E-state index is 13.2. The Hall–Kier alpha value is -1.90. The van der Waals surface area contributed by atoms with Crippen LogP contribution in [0.15, 0.2) is 23.6 Å². The van der Waals surface area contributed by atoms with E-state index in [2.05, 4.69) is 10.3 Å². The number of halogens is 2. The minimum Gasteiger partial charge on any atom is -0.395 e. The lowest BCUT2D eigenvalue weighted by atomic mass is 10.2. The fraction of sp³-hybridized carbons (Fsp3) is 0.286. The fourth-order valence-electron chi connectivity index (χ4n) is 1.77. The monoisotopic (exact) mass is 327 g/mol. The van der Waals surface area contributed by atoms with Gasteiger partial charge in [0.2, 0.25) is 5.91 Å². The molecule has 0 unspecified atom stereocenters. The summed E-state index contributed by atoms with van der Waals surface area (Å²) in [5, 5.41) is 13.4. The Bertz CT molecular complexity index is 663. The molecule has 0 aliphatic rings. The number of aliphatic hydroxyl groups is 1. The van der Waals surface area contributed by atoms with E-state index in [1.165, 1.54) is 17.4 Å². The number of thiazole rings is 1. The van der Waals surface area contributed by atoms with Crippen molar-refractivity contribution in [2.24, 2.45) is 0 Å². The van der Waals surface area contributed by atoms with Crippen LogP contribution in [0.1, 0.15) is 0 Å². The molecule has 1 aromatic carbocycles. The van der Waals surface area contributed by atoms with Gasteiger partial charge in [0, 0.05) is 17.5 Å². The first-order chi connectivity index (χ1) is 10.5. The molecule has 0 fully saturated rings. The van der Waals surface area contributed by atoms with Gasteiger partial charge in [-0.15, -0.1) is 11.3 Å². The van der Waals surface area contributed by atoms with Crippen LogP contribution in [0.25, 0.3) is 11.3 Å². The van der Waals surface area contributed by atoms with Crippen LogP contribution in [0.3, 0.4) is 0 Å². The molecule has 0 radical (unpaired) electrons. The Balaban J connectivity index is 2.02. The second kappa shape index (κ2) is 7.39. The van der Waals surface area contributed by atoms with Gasteiger partial charge in [0.1, 0.15) is 0 Å². The maximum atomic E-state index is 13.2. The summed E-state index contributed by atoms with van der Waals surface area (Å²) in [5.74, 6) is -2.12. The summed E-state index contributed by atoms with van der Waals surface area (Å²) >= 11 is 1.20. The Kier molecular flexibility index (Phi) is 5.53. The molecule has 2 rings (SSSR count). The van der Waals surface area contributed by atoms with Crippen molar-refractivity contribution in [1.29, 1.82) is 0 Å². The highest BCUT2D eigenvalue weighted by Crippen LogP contribution is 2.26. The van der Waals surface area contributed by atoms with E-state index in [0.717, 1.165) is 12.1 Å².